The van der Waals surface area contributed by atoms with Gasteiger partial charge in [-0.05, 0) is 12.1 Å². The van der Waals surface area contributed by atoms with Crippen LogP contribution in [0.2, 0.25) is 0 Å². The van der Waals surface area contributed by atoms with Crippen molar-refractivity contribution in [1.82, 2.24) is 5.32 Å². The third-order valence-corrected chi connectivity index (χ3v) is 7.17. The Bertz CT molecular complexity index is 582. The summed E-state index contributed by atoms with van der Waals surface area (Å²) in [5.74, 6) is -0.854. The Morgan fingerprint density at radius 1 is 1.42 bits per heavy atom. The minimum atomic E-state index is -3.69. The summed E-state index contributed by atoms with van der Waals surface area (Å²) in [4.78, 5) is 11.0. The summed E-state index contributed by atoms with van der Waals surface area (Å²) in [7, 11) is -3.69. The van der Waals surface area contributed by atoms with Gasteiger partial charge in [-0.1, -0.05) is 28.1 Å². The van der Waals surface area contributed by atoms with E-state index in [0.717, 1.165) is 0 Å². The number of rotatable bonds is 3. The van der Waals surface area contributed by atoms with Crippen molar-refractivity contribution in [2.75, 3.05) is 12.3 Å². The van der Waals surface area contributed by atoms with E-state index < -0.39 is 21.2 Å². The van der Waals surface area contributed by atoms with Gasteiger partial charge in [-0.25, -0.2) is 13.2 Å². The summed E-state index contributed by atoms with van der Waals surface area (Å²) < 4.78 is 25.1. The van der Waals surface area contributed by atoms with Crippen LogP contribution >= 0.6 is 27.7 Å². The molecule has 104 valence electrons. The van der Waals surface area contributed by atoms with Crippen LogP contribution in [-0.4, -0.2) is 41.3 Å². The van der Waals surface area contributed by atoms with Crippen molar-refractivity contribution in [1.29, 1.82) is 0 Å². The van der Waals surface area contributed by atoms with Crippen molar-refractivity contribution in [3.63, 3.8) is 0 Å². The lowest BCUT2D eigenvalue weighted by atomic mass is 10.2. The Labute approximate surface area is 123 Å². The molecule has 2 unspecified atom stereocenters. The number of alkyl halides is 1. The maximum absolute atomic E-state index is 12.5. The van der Waals surface area contributed by atoms with Crippen LogP contribution in [0.4, 0.5) is 0 Å². The number of benzene rings is 1. The van der Waals surface area contributed by atoms with Crippen LogP contribution in [0.1, 0.15) is 10.4 Å². The van der Waals surface area contributed by atoms with Gasteiger partial charge in [0.1, 0.15) is 5.37 Å². The van der Waals surface area contributed by atoms with Crippen LogP contribution in [0, 0.1) is 0 Å². The van der Waals surface area contributed by atoms with Crippen molar-refractivity contribution >= 4 is 43.5 Å². The molecule has 1 aromatic carbocycles. The van der Waals surface area contributed by atoms with E-state index in [9.17, 15) is 13.2 Å². The standard InChI is InChI=1S/C11H12BrNO4S2/c12-9-5-13-10(6-18-9)19(16,17)8-4-2-1-3-7(8)11(14)15/h1-4,9-10,13H,5-6H2,(H,14,15). The zero-order valence-corrected chi connectivity index (χ0v) is 13.0. The van der Waals surface area contributed by atoms with Gasteiger partial charge in [0.2, 0.25) is 0 Å². The highest BCUT2D eigenvalue weighted by Gasteiger charge is 2.33. The first-order chi connectivity index (χ1) is 8.93. The largest absolute Gasteiger partial charge is 0.478 e. The summed E-state index contributed by atoms with van der Waals surface area (Å²) in [5.41, 5.74) is -0.185. The summed E-state index contributed by atoms with van der Waals surface area (Å²) in [6.45, 7) is 0.518. The molecule has 1 aliphatic heterocycles. The highest BCUT2D eigenvalue weighted by Crippen LogP contribution is 2.28. The predicted octanol–water partition coefficient (Wildman–Crippen LogP) is 1.54. The van der Waals surface area contributed by atoms with Gasteiger partial charge in [-0.3, -0.25) is 5.32 Å². The number of nitrogens with one attached hydrogen (secondary N) is 1. The summed E-state index contributed by atoms with van der Waals surface area (Å²) in [6.07, 6.45) is 0. The van der Waals surface area contributed by atoms with Crippen LogP contribution in [0.15, 0.2) is 29.2 Å². The molecular weight excluding hydrogens is 354 g/mol. The molecule has 5 nitrogen and oxygen atoms in total. The van der Waals surface area contributed by atoms with Gasteiger partial charge in [-0.2, -0.15) is 0 Å². The first-order valence-corrected chi connectivity index (χ1v) is 8.99. The van der Waals surface area contributed by atoms with Gasteiger partial charge < -0.3 is 5.11 Å². The smallest absolute Gasteiger partial charge is 0.337 e. The first-order valence-electron chi connectivity index (χ1n) is 5.48. The highest BCUT2D eigenvalue weighted by molar-refractivity contribution is 9.11. The average molecular weight is 366 g/mol. The third-order valence-electron chi connectivity index (χ3n) is 2.73. The van der Waals surface area contributed by atoms with Crippen LogP contribution in [0.5, 0.6) is 0 Å². The van der Waals surface area contributed by atoms with Crippen molar-refractivity contribution in [2.45, 2.75) is 14.4 Å². The maximum atomic E-state index is 12.5. The van der Waals surface area contributed by atoms with E-state index >= 15 is 0 Å². The fourth-order valence-electron chi connectivity index (χ4n) is 1.78. The first kappa shape index (κ1) is 14.8. The number of carboxylic acids is 1. The van der Waals surface area contributed by atoms with E-state index in [2.05, 4.69) is 21.2 Å². The number of hydrogen-bond donors (Lipinski definition) is 2. The number of aromatic carboxylic acids is 1. The molecule has 8 heteroatoms. The van der Waals surface area contributed by atoms with Crippen LogP contribution in [0.3, 0.4) is 0 Å². The molecule has 2 N–H and O–H groups in total. The molecule has 0 spiro atoms. The maximum Gasteiger partial charge on any atom is 0.337 e. The number of carboxylic acid groups (broad SMARTS) is 1. The molecule has 0 aliphatic carbocycles. The predicted molar refractivity (Wildman–Crippen MR) is 77.6 cm³/mol. The molecule has 2 atom stereocenters. The fourth-order valence-corrected chi connectivity index (χ4v) is 5.44. The second-order valence-electron chi connectivity index (χ2n) is 3.99. The number of halogens is 1. The van der Waals surface area contributed by atoms with E-state index in [-0.39, 0.29) is 14.6 Å². The second kappa shape index (κ2) is 5.82. The molecule has 1 aliphatic rings. The molecule has 1 heterocycles. The molecule has 0 amide bonds. The van der Waals surface area contributed by atoms with E-state index in [4.69, 9.17) is 5.11 Å². The molecule has 0 radical (unpaired) electrons. The Morgan fingerprint density at radius 3 is 2.68 bits per heavy atom. The number of hydrogen-bond acceptors (Lipinski definition) is 5. The molecule has 0 saturated carbocycles. The van der Waals surface area contributed by atoms with E-state index in [1.165, 1.54) is 36.0 Å². The topological polar surface area (TPSA) is 83.5 Å². The zero-order chi connectivity index (χ0) is 14.0. The molecule has 0 bridgehead atoms. The lowest BCUT2D eigenvalue weighted by Crippen LogP contribution is -2.45. The molecule has 1 fully saturated rings. The van der Waals surface area contributed by atoms with E-state index in [1.54, 1.807) is 0 Å². The fraction of sp³-hybridized carbons (Fsp3) is 0.364. The van der Waals surface area contributed by atoms with Gasteiger partial charge in [0, 0.05) is 12.3 Å². The Hall–Kier alpha value is -0.570. The van der Waals surface area contributed by atoms with E-state index in [0.29, 0.717) is 12.3 Å². The Balaban J connectivity index is 2.37. The normalized spacial score (nSPS) is 24.1. The molecule has 19 heavy (non-hydrogen) atoms. The van der Waals surface area contributed by atoms with Crippen LogP contribution in [-0.2, 0) is 9.84 Å². The minimum Gasteiger partial charge on any atom is -0.478 e. The highest BCUT2D eigenvalue weighted by atomic mass is 79.9. The molecule has 0 aromatic heterocycles. The average Bonchev–Trinajstić information content (AvgIpc) is 2.39. The SMILES string of the molecule is O=C(O)c1ccccc1S(=O)(=O)C1CSC(Br)CN1. The summed E-state index contributed by atoms with van der Waals surface area (Å²) in [6, 6.07) is 5.69. The molecule has 2 rings (SSSR count). The van der Waals surface area contributed by atoms with Gasteiger partial charge in [0.25, 0.3) is 0 Å². The van der Waals surface area contributed by atoms with Crippen molar-refractivity contribution < 1.29 is 18.3 Å². The van der Waals surface area contributed by atoms with Crippen molar-refractivity contribution in [3.05, 3.63) is 29.8 Å². The van der Waals surface area contributed by atoms with Crippen molar-refractivity contribution in [2.24, 2.45) is 0 Å². The van der Waals surface area contributed by atoms with Crippen LogP contribution < -0.4 is 5.32 Å². The summed E-state index contributed by atoms with van der Waals surface area (Å²) in [5, 5.41) is 11.2. The number of sulfone groups is 1. The Morgan fingerprint density at radius 2 is 2.11 bits per heavy atom. The Kier molecular flexibility index (Phi) is 4.54. The summed E-state index contributed by atoms with van der Waals surface area (Å²) >= 11 is 4.88. The van der Waals surface area contributed by atoms with Gasteiger partial charge >= 0.3 is 5.97 Å². The third kappa shape index (κ3) is 3.13. The lowest BCUT2D eigenvalue weighted by Gasteiger charge is -2.26. The molecule has 1 aromatic rings. The quantitative estimate of drug-likeness (QED) is 0.790. The van der Waals surface area contributed by atoms with Gasteiger partial charge in [-0.15, -0.1) is 11.8 Å². The van der Waals surface area contributed by atoms with Gasteiger partial charge in [0.15, 0.2) is 9.84 Å². The lowest BCUT2D eigenvalue weighted by molar-refractivity contribution is 0.0692. The molecular formula is C11H12BrNO4S2. The second-order valence-corrected chi connectivity index (χ2v) is 9.03. The number of thioether (sulfide) groups is 1. The van der Waals surface area contributed by atoms with E-state index in [1.807, 2.05) is 0 Å². The van der Waals surface area contributed by atoms with Gasteiger partial charge in [0.05, 0.1) is 14.6 Å². The molecule has 1 saturated heterocycles. The monoisotopic (exact) mass is 365 g/mol. The van der Waals surface area contributed by atoms with Crippen LogP contribution in [0.25, 0.3) is 0 Å². The van der Waals surface area contributed by atoms with Crippen molar-refractivity contribution in [3.8, 4) is 0 Å². The number of carbonyl (C=O) groups is 1. The zero-order valence-electron chi connectivity index (χ0n) is 9.74. The minimum absolute atomic E-state index is 0.131.